The van der Waals surface area contributed by atoms with E-state index in [4.69, 9.17) is 0 Å². The van der Waals surface area contributed by atoms with Crippen molar-refractivity contribution in [3.8, 4) is 0 Å². The second kappa shape index (κ2) is 7.82. The Kier molecular flexibility index (Phi) is 5.22. The third kappa shape index (κ3) is 3.57. The lowest BCUT2D eigenvalue weighted by atomic mass is 9.96. The molecule has 2 saturated heterocycles. The van der Waals surface area contributed by atoms with E-state index in [2.05, 4.69) is 0 Å². The first kappa shape index (κ1) is 19.4. The Bertz CT molecular complexity index is 954. The topological polar surface area (TPSA) is 57.7 Å². The second-order valence-electron chi connectivity index (χ2n) is 8.03. The van der Waals surface area contributed by atoms with E-state index in [1.165, 1.54) is 0 Å². The highest BCUT2D eigenvalue weighted by Crippen LogP contribution is 2.31. The first-order valence-electron chi connectivity index (χ1n) is 10.3. The minimum Gasteiger partial charge on any atom is -0.330 e. The first-order valence-corrected chi connectivity index (χ1v) is 10.3. The maximum absolute atomic E-state index is 13.5. The highest BCUT2D eigenvalue weighted by molar-refractivity contribution is 6.07. The smallest absolute Gasteiger partial charge is 0.246 e. The van der Waals surface area contributed by atoms with Crippen LogP contribution in [0.25, 0.3) is 0 Å². The van der Waals surface area contributed by atoms with Crippen LogP contribution in [0.1, 0.15) is 47.2 Å². The molecule has 2 aromatic rings. The minimum atomic E-state index is -0.531. The molecule has 2 unspecified atom stereocenters. The average Bonchev–Trinajstić information content (AvgIpc) is 3.36. The van der Waals surface area contributed by atoms with E-state index in [0.29, 0.717) is 31.4 Å². The van der Waals surface area contributed by atoms with Gasteiger partial charge in [-0.25, -0.2) is 0 Å². The summed E-state index contributed by atoms with van der Waals surface area (Å²) in [4.78, 5) is 42.6. The number of aryl methyl sites for hydroxylation is 2. The molecule has 0 spiro atoms. The molecular weight excluding hydrogens is 364 g/mol. The summed E-state index contributed by atoms with van der Waals surface area (Å²) < 4.78 is 0. The lowest BCUT2D eigenvalue weighted by molar-refractivity contribution is -0.133. The van der Waals surface area contributed by atoms with Crippen molar-refractivity contribution < 1.29 is 14.4 Å². The Hall–Kier alpha value is -2.95. The second-order valence-corrected chi connectivity index (χ2v) is 8.03. The summed E-state index contributed by atoms with van der Waals surface area (Å²) in [6.45, 7) is 4.46. The van der Waals surface area contributed by atoms with Gasteiger partial charge in [0.05, 0.1) is 6.04 Å². The number of Topliss-reactive ketones (excluding diaryl/α,β-unsaturated/α-hetero) is 1. The Morgan fingerprint density at radius 3 is 2.48 bits per heavy atom. The lowest BCUT2D eigenvalue weighted by Gasteiger charge is -2.31. The molecule has 0 radical (unpaired) electrons. The van der Waals surface area contributed by atoms with Crippen molar-refractivity contribution in [3.63, 3.8) is 0 Å². The number of amides is 2. The minimum absolute atomic E-state index is 0.00707. The van der Waals surface area contributed by atoms with Crippen LogP contribution in [0, 0.1) is 13.8 Å². The van der Waals surface area contributed by atoms with Crippen LogP contribution < -0.4 is 4.90 Å². The van der Waals surface area contributed by atoms with Crippen LogP contribution in [-0.4, -0.2) is 41.1 Å². The Labute approximate surface area is 171 Å². The number of benzene rings is 2. The third-order valence-electron chi connectivity index (χ3n) is 6.03. The molecule has 2 aromatic carbocycles. The van der Waals surface area contributed by atoms with Crippen LogP contribution in [0.2, 0.25) is 0 Å². The van der Waals surface area contributed by atoms with Gasteiger partial charge in [0.15, 0.2) is 5.78 Å². The van der Waals surface area contributed by atoms with Crippen molar-refractivity contribution in [1.82, 2.24) is 4.90 Å². The summed E-state index contributed by atoms with van der Waals surface area (Å²) in [5, 5.41) is 0. The fourth-order valence-corrected chi connectivity index (χ4v) is 4.51. The van der Waals surface area contributed by atoms with Crippen LogP contribution in [-0.2, 0) is 9.59 Å². The molecule has 2 fully saturated rings. The molecule has 5 nitrogen and oxygen atoms in total. The van der Waals surface area contributed by atoms with Gasteiger partial charge in [0.1, 0.15) is 6.04 Å². The summed E-state index contributed by atoms with van der Waals surface area (Å²) in [6.07, 6.45) is 2.32. The molecule has 0 N–H and O–H groups in total. The van der Waals surface area contributed by atoms with E-state index in [1.54, 1.807) is 9.80 Å². The summed E-state index contributed by atoms with van der Waals surface area (Å²) in [6, 6.07) is 14.2. The largest absolute Gasteiger partial charge is 0.330 e. The first-order chi connectivity index (χ1) is 14.0. The van der Waals surface area contributed by atoms with Gasteiger partial charge in [-0.15, -0.1) is 0 Å². The number of hydrogen-bond donors (Lipinski definition) is 0. The highest BCUT2D eigenvalue weighted by Gasteiger charge is 2.43. The molecule has 2 aliphatic heterocycles. The van der Waals surface area contributed by atoms with E-state index in [-0.39, 0.29) is 17.6 Å². The predicted octanol–water partition coefficient (Wildman–Crippen LogP) is 3.67. The fraction of sp³-hybridized carbons (Fsp3) is 0.375. The molecule has 150 valence electrons. The standard InChI is InChI=1S/C24H26N2O3/c1-16-10-11-17(2)19(15-16)23(28)20-9-6-14-25(20)24(29)21-12-13-22(27)26(21)18-7-4-3-5-8-18/h3-5,7-8,10-11,15,20-21H,6,9,12-14H2,1-2H3. The zero-order valence-corrected chi connectivity index (χ0v) is 16.9. The molecule has 29 heavy (non-hydrogen) atoms. The number of carbonyl (C=O) groups is 3. The maximum atomic E-state index is 13.5. The third-order valence-corrected chi connectivity index (χ3v) is 6.03. The van der Waals surface area contributed by atoms with Gasteiger partial charge < -0.3 is 4.90 Å². The summed E-state index contributed by atoms with van der Waals surface area (Å²) in [5.74, 6) is -0.139. The summed E-state index contributed by atoms with van der Waals surface area (Å²) in [5.41, 5.74) is 3.40. The van der Waals surface area contributed by atoms with Crippen LogP contribution in [0.5, 0.6) is 0 Å². The van der Waals surface area contributed by atoms with Crippen molar-refractivity contribution in [2.75, 3.05) is 11.4 Å². The number of anilines is 1. The molecule has 4 rings (SSSR count). The molecule has 0 saturated carbocycles. The molecule has 0 bridgehead atoms. The van der Waals surface area contributed by atoms with Gasteiger partial charge in [0.25, 0.3) is 0 Å². The van der Waals surface area contributed by atoms with Gasteiger partial charge in [-0.3, -0.25) is 19.3 Å². The van der Waals surface area contributed by atoms with Gasteiger partial charge in [0, 0.05) is 24.2 Å². The van der Waals surface area contributed by atoms with Gasteiger partial charge >= 0.3 is 0 Å². The quantitative estimate of drug-likeness (QED) is 0.749. The maximum Gasteiger partial charge on any atom is 0.246 e. The number of para-hydroxylation sites is 1. The predicted molar refractivity (Wildman–Crippen MR) is 112 cm³/mol. The molecule has 0 aromatic heterocycles. The molecule has 0 aliphatic carbocycles. The van der Waals surface area contributed by atoms with Crippen LogP contribution in [0.3, 0.4) is 0 Å². The molecule has 5 heteroatoms. The number of nitrogens with zero attached hydrogens (tertiary/aromatic N) is 2. The molecule has 2 amide bonds. The van der Waals surface area contributed by atoms with Crippen molar-refractivity contribution in [2.45, 2.75) is 51.6 Å². The Balaban J connectivity index is 1.60. The summed E-state index contributed by atoms with van der Waals surface area (Å²) >= 11 is 0. The SMILES string of the molecule is Cc1ccc(C)c(C(=O)C2CCCN2C(=O)C2CCC(=O)N2c2ccccc2)c1. The normalized spacial score (nSPS) is 21.7. The van der Waals surface area contributed by atoms with Crippen molar-refractivity contribution in [3.05, 3.63) is 65.2 Å². The van der Waals surface area contributed by atoms with Gasteiger partial charge in [-0.1, -0.05) is 35.9 Å². The van der Waals surface area contributed by atoms with Crippen LogP contribution in [0.15, 0.2) is 48.5 Å². The van der Waals surface area contributed by atoms with E-state index in [1.807, 2.05) is 62.4 Å². The number of likely N-dealkylation sites (tertiary alicyclic amines) is 1. The van der Waals surface area contributed by atoms with Crippen LogP contribution >= 0.6 is 0 Å². The number of ketones is 1. The average molecular weight is 390 g/mol. The monoisotopic (exact) mass is 390 g/mol. The zero-order chi connectivity index (χ0) is 20.5. The van der Waals surface area contributed by atoms with E-state index in [0.717, 1.165) is 23.2 Å². The Morgan fingerprint density at radius 2 is 1.72 bits per heavy atom. The van der Waals surface area contributed by atoms with Crippen molar-refractivity contribution >= 4 is 23.3 Å². The summed E-state index contributed by atoms with van der Waals surface area (Å²) in [7, 11) is 0. The zero-order valence-electron chi connectivity index (χ0n) is 16.9. The fourth-order valence-electron chi connectivity index (χ4n) is 4.51. The lowest BCUT2D eigenvalue weighted by Crippen LogP contribution is -2.50. The van der Waals surface area contributed by atoms with E-state index >= 15 is 0 Å². The number of rotatable bonds is 4. The molecular formula is C24H26N2O3. The van der Waals surface area contributed by atoms with E-state index in [9.17, 15) is 14.4 Å². The van der Waals surface area contributed by atoms with Crippen molar-refractivity contribution in [2.24, 2.45) is 0 Å². The highest BCUT2D eigenvalue weighted by atomic mass is 16.2. The van der Waals surface area contributed by atoms with Crippen LogP contribution in [0.4, 0.5) is 5.69 Å². The van der Waals surface area contributed by atoms with Gasteiger partial charge in [-0.05, 0) is 56.9 Å². The number of carbonyl (C=O) groups excluding carboxylic acids is 3. The van der Waals surface area contributed by atoms with Gasteiger partial charge in [-0.2, -0.15) is 0 Å². The van der Waals surface area contributed by atoms with Crippen molar-refractivity contribution in [1.29, 1.82) is 0 Å². The molecule has 2 atom stereocenters. The van der Waals surface area contributed by atoms with E-state index < -0.39 is 12.1 Å². The Morgan fingerprint density at radius 1 is 0.966 bits per heavy atom. The molecule has 2 aliphatic rings. The molecule has 2 heterocycles. The number of hydrogen-bond acceptors (Lipinski definition) is 3. The van der Waals surface area contributed by atoms with Gasteiger partial charge in [0.2, 0.25) is 11.8 Å².